The highest BCUT2D eigenvalue weighted by Crippen LogP contribution is 2.27. The lowest BCUT2D eigenvalue weighted by atomic mass is 10.1. The Morgan fingerprint density at radius 1 is 1.33 bits per heavy atom. The maximum atomic E-state index is 13.7. The molecule has 0 aliphatic rings. The summed E-state index contributed by atoms with van der Waals surface area (Å²) in [6.45, 7) is 2.06. The Hall–Kier alpha value is -1.32. The van der Waals surface area contributed by atoms with Crippen LogP contribution in [0.3, 0.4) is 0 Å². The van der Waals surface area contributed by atoms with Crippen molar-refractivity contribution < 1.29 is 8.81 Å². The van der Waals surface area contributed by atoms with Gasteiger partial charge in [-0.15, -0.1) is 0 Å². The molecule has 1 aromatic carbocycles. The van der Waals surface area contributed by atoms with Crippen molar-refractivity contribution in [3.63, 3.8) is 0 Å². The Morgan fingerprint density at radius 3 is 2.78 bits per heavy atom. The molecule has 1 aromatic heterocycles. The van der Waals surface area contributed by atoms with Crippen molar-refractivity contribution in [2.45, 2.75) is 19.4 Å². The third-order valence-corrected chi connectivity index (χ3v) is 3.09. The van der Waals surface area contributed by atoms with E-state index in [9.17, 15) is 4.39 Å². The molecule has 1 unspecified atom stereocenters. The summed E-state index contributed by atoms with van der Waals surface area (Å²) < 4.78 is 19.4. The van der Waals surface area contributed by atoms with Gasteiger partial charge in [0.05, 0.1) is 5.56 Å². The van der Waals surface area contributed by atoms with Crippen molar-refractivity contribution in [1.29, 1.82) is 0 Å². The van der Waals surface area contributed by atoms with Gasteiger partial charge in [0.15, 0.2) is 0 Å². The van der Waals surface area contributed by atoms with Gasteiger partial charge in [0.2, 0.25) is 0 Å². The van der Waals surface area contributed by atoms with E-state index in [4.69, 9.17) is 16.0 Å². The molecule has 0 saturated carbocycles. The first-order valence-corrected chi connectivity index (χ1v) is 6.19. The van der Waals surface area contributed by atoms with E-state index in [0.29, 0.717) is 22.4 Å². The Balaban J connectivity index is 2.24. The lowest BCUT2D eigenvalue weighted by Gasteiger charge is -2.06. The summed E-state index contributed by atoms with van der Waals surface area (Å²) in [5.41, 5.74) is 0.433. The van der Waals surface area contributed by atoms with E-state index in [2.05, 4.69) is 12.2 Å². The topological polar surface area (TPSA) is 25.2 Å². The number of nitrogens with one attached hydrogen (secondary N) is 1. The molecular weight excluding hydrogens is 253 g/mol. The molecular formula is C14H15ClFNO. The van der Waals surface area contributed by atoms with Gasteiger partial charge in [-0.05, 0) is 44.3 Å². The summed E-state index contributed by atoms with van der Waals surface area (Å²) >= 11 is 5.72. The minimum absolute atomic E-state index is 0.319. The van der Waals surface area contributed by atoms with Crippen molar-refractivity contribution in [1.82, 2.24) is 5.32 Å². The highest BCUT2D eigenvalue weighted by Gasteiger charge is 2.11. The number of rotatable bonds is 4. The highest BCUT2D eigenvalue weighted by molar-refractivity contribution is 6.30. The van der Waals surface area contributed by atoms with Gasteiger partial charge in [-0.2, -0.15) is 0 Å². The van der Waals surface area contributed by atoms with Crippen LogP contribution in [0.2, 0.25) is 5.02 Å². The number of likely N-dealkylation sites (N-methyl/N-ethyl adjacent to an activating group) is 1. The largest absolute Gasteiger partial charge is 0.461 e. The van der Waals surface area contributed by atoms with Crippen molar-refractivity contribution in [2.24, 2.45) is 0 Å². The summed E-state index contributed by atoms with van der Waals surface area (Å²) in [7, 11) is 1.90. The number of halogens is 2. The molecule has 96 valence electrons. The second-order valence-corrected chi connectivity index (χ2v) is 4.72. The van der Waals surface area contributed by atoms with Crippen LogP contribution in [0.4, 0.5) is 4.39 Å². The SMILES string of the molecule is CNC(C)Cc1ccc(-c2ccc(Cl)cc2F)o1. The van der Waals surface area contributed by atoms with E-state index < -0.39 is 0 Å². The van der Waals surface area contributed by atoms with Crippen molar-refractivity contribution in [3.05, 3.63) is 46.9 Å². The molecule has 0 aliphatic carbocycles. The predicted octanol–water partition coefficient (Wildman–Crippen LogP) is 3.89. The summed E-state index contributed by atoms with van der Waals surface area (Å²) in [5.74, 6) is 0.994. The molecule has 0 bridgehead atoms. The monoisotopic (exact) mass is 267 g/mol. The Labute approximate surface area is 111 Å². The van der Waals surface area contributed by atoms with E-state index in [0.717, 1.165) is 12.2 Å². The third-order valence-electron chi connectivity index (χ3n) is 2.86. The number of furan rings is 1. The van der Waals surface area contributed by atoms with Crippen LogP contribution in [0.1, 0.15) is 12.7 Å². The normalized spacial score (nSPS) is 12.7. The summed E-state index contributed by atoms with van der Waals surface area (Å²) in [6, 6.07) is 8.54. The molecule has 0 amide bonds. The number of benzene rings is 1. The first-order valence-electron chi connectivity index (χ1n) is 5.81. The molecule has 0 spiro atoms. The van der Waals surface area contributed by atoms with Gasteiger partial charge in [-0.25, -0.2) is 4.39 Å². The van der Waals surface area contributed by atoms with Crippen molar-refractivity contribution >= 4 is 11.6 Å². The van der Waals surface area contributed by atoms with E-state index >= 15 is 0 Å². The van der Waals surface area contributed by atoms with Gasteiger partial charge in [-0.1, -0.05) is 11.6 Å². The summed E-state index contributed by atoms with van der Waals surface area (Å²) in [5, 5.41) is 3.51. The minimum atomic E-state index is -0.370. The van der Waals surface area contributed by atoms with Crippen LogP contribution < -0.4 is 5.32 Å². The summed E-state index contributed by atoms with van der Waals surface area (Å²) in [6.07, 6.45) is 0.770. The lowest BCUT2D eigenvalue weighted by molar-refractivity contribution is 0.479. The zero-order valence-corrected chi connectivity index (χ0v) is 11.1. The van der Waals surface area contributed by atoms with E-state index in [1.807, 2.05) is 13.1 Å². The fraction of sp³-hybridized carbons (Fsp3) is 0.286. The molecule has 18 heavy (non-hydrogen) atoms. The van der Waals surface area contributed by atoms with Gasteiger partial charge in [0.25, 0.3) is 0 Å². The number of hydrogen-bond acceptors (Lipinski definition) is 2. The molecule has 2 nitrogen and oxygen atoms in total. The standard InChI is InChI=1S/C14H15ClFNO/c1-9(17-2)7-11-4-6-14(18-11)12-5-3-10(15)8-13(12)16/h3-6,8-9,17H,7H2,1-2H3. The van der Waals surface area contributed by atoms with Crippen molar-refractivity contribution in [3.8, 4) is 11.3 Å². The maximum absolute atomic E-state index is 13.7. The Bertz CT molecular complexity index is 538. The van der Waals surface area contributed by atoms with Gasteiger partial charge in [-0.3, -0.25) is 0 Å². The zero-order valence-electron chi connectivity index (χ0n) is 10.3. The first kappa shape index (κ1) is 13.1. The molecule has 0 fully saturated rings. The van der Waals surface area contributed by atoms with E-state index in [1.165, 1.54) is 6.07 Å². The fourth-order valence-corrected chi connectivity index (χ4v) is 1.88. The highest BCUT2D eigenvalue weighted by atomic mass is 35.5. The Kier molecular flexibility index (Phi) is 4.04. The third kappa shape index (κ3) is 2.92. The molecule has 1 heterocycles. The first-order chi connectivity index (χ1) is 8.60. The molecule has 0 radical (unpaired) electrons. The van der Waals surface area contributed by atoms with Crippen LogP contribution in [0.25, 0.3) is 11.3 Å². The second kappa shape index (κ2) is 5.55. The maximum Gasteiger partial charge on any atom is 0.137 e. The quantitative estimate of drug-likeness (QED) is 0.909. The average Bonchev–Trinajstić information content (AvgIpc) is 2.77. The van der Waals surface area contributed by atoms with Crippen LogP contribution in [0.5, 0.6) is 0 Å². The van der Waals surface area contributed by atoms with Gasteiger partial charge >= 0.3 is 0 Å². The molecule has 2 rings (SSSR count). The molecule has 2 aromatic rings. The van der Waals surface area contributed by atoms with Crippen LogP contribution in [-0.4, -0.2) is 13.1 Å². The molecule has 0 aliphatic heterocycles. The summed E-state index contributed by atoms with van der Waals surface area (Å²) in [4.78, 5) is 0. The predicted molar refractivity (Wildman–Crippen MR) is 71.3 cm³/mol. The lowest BCUT2D eigenvalue weighted by Crippen LogP contribution is -2.23. The smallest absolute Gasteiger partial charge is 0.137 e. The molecule has 1 atom stereocenters. The average molecular weight is 268 g/mol. The molecule has 4 heteroatoms. The zero-order chi connectivity index (χ0) is 13.1. The molecule has 0 saturated heterocycles. The molecule has 1 N–H and O–H groups in total. The van der Waals surface area contributed by atoms with E-state index in [-0.39, 0.29) is 5.82 Å². The van der Waals surface area contributed by atoms with Crippen LogP contribution in [0.15, 0.2) is 34.7 Å². The van der Waals surface area contributed by atoms with Crippen LogP contribution in [-0.2, 0) is 6.42 Å². The van der Waals surface area contributed by atoms with Gasteiger partial charge < -0.3 is 9.73 Å². The minimum Gasteiger partial charge on any atom is -0.461 e. The van der Waals surface area contributed by atoms with Crippen LogP contribution in [0, 0.1) is 5.82 Å². The van der Waals surface area contributed by atoms with Gasteiger partial charge in [0, 0.05) is 17.5 Å². The Morgan fingerprint density at radius 2 is 2.11 bits per heavy atom. The number of hydrogen-bond donors (Lipinski definition) is 1. The van der Waals surface area contributed by atoms with Crippen molar-refractivity contribution in [2.75, 3.05) is 7.05 Å². The fourth-order valence-electron chi connectivity index (χ4n) is 1.73. The second-order valence-electron chi connectivity index (χ2n) is 4.28. The van der Waals surface area contributed by atoms with E-state index in [1.54, 1.807) is 18.2 Å². The van der Waals surface area contributed by atoms with Crippen LogP contribution >= 0.6 is 11.6 Å². The van der Waals surface area contributed by atoms with Gasteiger partial charge in [0.1, 0.15) is 17.3 Å².